The second-order valence-electron chi connectivity index (χ2n) is 7.58. The highest BCUT2D eigenvalue weighted by Gasteiger charge is 2.22. The van der Waals surface area contributed by atoms with Crippen molar-refractivity contribution in [2.24, 2.45) is 0 Å². The fourth-order valence-corrected chi connectivity index (χ4v) is 4.73. The first kappa shape index (κ1) is 24.8. The number of hydrogen-bond donors (Lipinski definition) is 2. The molecule has 1 atom stereocenters. The van der Waals surface area contributed by atoms with Crippen LogP contribution in [0, 0.1) is 3.57 Å². The summed E-state index contributed by atoms with van der Waals surface area (Å²) in [7, 11) is 0. The predicted octanol–water partition coefficient (Wildman–Crippen LogP) is 6.78. The number of nitrogens with one attached hydrogen (secondary N) is 2. The van der Waals surface area contributed by atoms with E-state index in [1.165, 1.54) is 11.8 Å². The van der Waals surface area contributed by atoms with E-state index in [-0.39, 0.29) is 18.4 Å². The average molecular weight is 594 g/mol. The van der Waals surface area contributed by atoms with Gasteiger partial charge in [0.1, 0.15) is 11.0 Å². The fourth-order valence-electron chi connectivity index (χ4n) is 3.29. The van der Waals surface area contributed by atoms with Gasteiger partial charge in [0.2, 0.25) is 5.91 Å². The minimum atomic E-state index is -0.470. The van der Waals surface area contributed by atoms with Crippen LogP contribution in [0.1, 0.15) is 10.8 Å². The Labute approximate surface area is 222 Å². The Morgan fingerprint density at radius 2 is 1.46 bits per heavy atom. The number of amides is 2. The number of thioether (sulfide) groups is 1. The molecule has 4 rings (SSSR count). The number of hydrogen-bond acceptors (Lipinski definition) is 4. The Balaban J connectivity index is 1.45. The lowest BCUT2D eigenvalue weighted by molar-refractivity contribution is -0.118. The second-order valence-corrected chi connectivity index (χ2v) is 10.0. The van der Waals surface area contributed by atoms with Crippen LogP contribution < -0.4 is 15.4 Å². The van der Waals surface area contributed by atoms with Gasteiger partial charge in [-0.2, -0.15) is 0 Å². The van der Waals surface area contributed by atoms with E-state index < -0.39 is 5.25 Å². The van der Waals surface area contributed by atoms with Crippen molar-refractivity contribution in [3.8, 4) is 5.75 Å². The molecule has 2 amide bonds. The molecule has 0 fully saturated rings. The molecule has 1 unspecified atom stereocenters. The summed E-state index contributed by atoms with van der Waals surface area (Å²) in [5, 5.41) is 5.41. The van der Waals surface area contributed by atoms with E-state index in [4.69, 9.17) is 4.74 Å². The molecule has 0 aliphatic carbocycles. The van der Waals surface area contributed by atoms with Crippen molar-refractivity contribution in [3.63, 3.8) is 0 Å². The van der Waals surface area contributed by atoms with E-state index in [0.29, 0.717) is 11.4 Å². The van der Waals surface area contributed by atoms with E-state index in [1.807, 2.05) is 97.1 Å². The third-order valence-electron chi connectivity index (χ3n) is 4.94. The minimum Gasteiger partial charge on any atom is -0.484 e. The van der Waals surface area contributed by atoms with Gasteiger partial charge in [-0.1, -0.05) is 54.6 Å². The molecule has 7 heteroatoms. The molecule has 2 N–H and O–H groups in total. The molecule has 4 aromatic rings. The molecule has 0 bridgehead atoms. The van der Waals surface area contributed by atoms with Crippen LogP contribution in [0.25, 0.3) is 0 Å². The topological polar surface area (TPSA) is 67.4 Å². The number of rotatable bonds is 9. The average Bonchev–Trinajstić information content (AvgIpc) is 2.89. The van der Waals surface area contributed by atoms with Gasteiger partial charge in [-0.25, -0.2) is 0 Å². The lowest BCUT2D eigenvalue weighted by Gasteiger charge is -2.18. The zero-order valence-electron chi connectivity index (χ0n) is 18.7. The number of ether oxygens (including phenoxy) is 1. The van der Waals surface area contributed by atoms with Crippen molar-refractivity contribution in [3.05, 3.63) is 118 Å². The van der Waals surface area contributed by atoms with Gasteiger partial charge in [0.25, 0.3) is 5.91 Å². The summed E-state index contributed by atoms with van der Waals surface area (Å²) < 4.78 is 6.62. The van der Waals surface area contributed by atoms with Crippen LogP contribution in [-0.4, -0.2) is 18.4 Å². The Bertz CT molecular complexity index is 1270. The SMILES string of the molecule is O=C(COc1ccccc1)Nc1cccc(SC(C(=O)Nc2ccc(I)cc2)c2ccccc2)c1. The van der Waals surface area contributed by atoms with Crippen LogP contribution in [0.4, 0.5) is 11.4 Å². The maximum absolute atomic E-state index is 13.3. The number of carbonyl (C=O) groups excluding carboxylic acids is 2. The first-order chi connectivity index (χ1) is 17.1. The third kappa shape index (κ3) is 7.60. The van der Waals surface area contributed by atoms with Gasteiger partial charge in [-0.3, -0.25) is 9.59 Å². The van der Waals surface area contributed by atoms with E-state index in [1.54, 1.807) is 12.1 Å². The Morgan fingerprint density at radius 3 is 2.17 bits per heavy atom. The maximum Gasteiger partial charge on any atom is 0.262 e. The largest absolute Gasteiger partial charge is 0.484 e. The lowest BCUT2D eigenvalue weighted by Crippen LogP contribution is -2.20. The summed E-state index contributed by atoms with van der Waals surface area (Å²) in [4.78, 5) is 26.5. The van der Waals surface area contributed by atoms with E-state index in [0.717, 1.165) is 19.7 Å². The van der Waals surface area contributed by atoms with Gasteiger partial charge < -0.3 is 15.4 Å². The molecule has 0 saturated heterocycles. The number of benzene rings is 4. The number of anilines is 2. The molecule has 0 aliphatic rings. The summed E-state index contributed by atoms with van der Waals surface area (Å²) in [5.74, 6) is 0.261. The Kier molecular flexibility index (Phi) is 8.80. The zero-order valence-corrected chi connectivity index (χ0v) is 21.7. The molecule has 0 heterocycles. The smallest absolute Gasteiger partial charge is 0.262 e. The minimum absolute atomic E-state index is 0.0908. The van der Waals surface area contributed by atoms with Gasteiger partial charge in [0, 0.05) is 19.8 Å². The lowest BCUT2D eigenvalue weighted by atomic mass is 10.1. The molecule has 4 aromatic carbocycles. The van der Waals surface area contributed by atoms with Crippen LogP contribution in [0.15, 0.2) is 114 Å². The van der Waals surface area contributed by atoms with E-state index in [9.17, 15) is 9.59 Å². The second kappa shape index (κ2) is 12.4. The zero-order chi connectivity index (χ0) is 24.5. The molecule has 0 radical (unpaired) electrons. The summed E-state index contributed by atoms with van der Waals surface area (Å²) in [6.07, 6.45) is 0. The molecular weight excluding hydrogens is 571 g/mol. The quantitative estimate of drug-likeness (QED) is 0.166. The van der Waals surface area contributed by atoms with Gasteiger partial charge in [0.05, 0.1) is 0 Å². The molecule has 0 aliphatic heterocycles. The summed E-state index contributed by atoms with van der Waals surface area (Å²) >= 11 is 3.66. The Hall–Kier alpha value is -3.30. The van der Waals surface area contributed by atoms with Crippen molar-refractivity contribution < 1.29 is 14.3 Å². The van der Waals surface area contributed by atoms with Gasteiger partial charge >= 0.3 is 0 Å². The van der Waals surface area contributed by atoms with E-state index >= 15 is 0 Å². The molecular formula is C28H23IN2O3S. The van der Waals surface area contributed by atoms with Crippen LogP contribution in [0.5, 0.6) is 5.75 Å². The summed E-state index contributed by atoms with van der Waals surface area (Å²) in [6, 6.07) is 34.0. The van der Waals surface area contributed by atoms with Crippen molar-refractivity contribution >= 4 is 57.5 Å². The van der Waals surface area contributed by atoms with Crippen LogP contribution >= 0.6 is 34.4 Å². The van der Waals surface area contributed by atoms with Crippen molar-refractivity contribution in [2.75, 3.05) is 17.2 Å². The summed E-state index contributed by atoms with van der Waals surface area (Å²) in [5.41, 5.74) is 2.28. The number of para-hydroxylation sites is 1. The fraction of sp³-hybridized carbons (Fsp3) is 0.0714. The van der Waals surface area contributed by atoms with Crippen LogP contribution in [0.2, 0.25) is 0 Å². The normalized spacial score (nSPS) is 11.3. The first-order valence-electron chi connectivity index (χ1n) is 10.9. The standard InChI is InChI=1S/C28H23IN2O3S/c29-21-14-16-22(17-15-21)31-28(33)27(20-8-3-1-4-9-20)35-25-13-7-10-23(18-25)30-26(32)19-34-24-11-5-2-6-12-24/h1-18,27H,19H2,(H,30,32)(H,31,33). The van der Waals surface area contributed by atoms with Crippen molar-refractivity contribution in [2.45, 2.75) is 10.1 Å². The molecule has 0 saturated carbocycles. The van der Waals surface area contributed by atoms with Gasteiger partial charge in [0.15, 0.2) is 6.61 Å². The molecule has 35 heavy (non-hydrogen) atoms. The first-order valence-corrected chi connectivity index (χ1v) is 12.9. The highest BCUT2D eigenvalue weighted by molar-refractivity contribution is 14.1. The molecule has 0 spiro atoms. The third-order valence-corrected chi connectivity index (χ3v) is 6.90. The van der Waals surface area contributed by atoms with Crippen molar-refractivity contribution in [1.82, 2.24) is 0 Å². The van der Waals surface area contributed by atoms with Crippen LogP contribution in [-0.2, 0) is 9.59 Å². The van der Waals surface area contributed by atoms with Gasteiger partial charge in [-0.15, -0.1) is 11.8 Å². The monoisotopic (exact) mass is 594 g/mol. The predicted molar refractivity (Wildman–Crippen MR) is 150 cm³/mol. The number of halogens is 1. The Morgan fingerprint density at radius 1 is 0.771 bits per heavy atom. The van der Waals surface area contributed by atoms with Crippen LogP contribution in [0.3, 0.4) is 0 Å². The molecule has 0 aromatic heterocycles. The maximum atomic E-state index is 13.3. The summed E-state index contributed by atoms with van der Waals surface area (Å²) in [6.45, 7) is -0.0908. The highest BCUT2D eigenvalue weighted by atomic mass is 127. The molecule has 5 nitrogen and oxygen atoms in total. The van der Waals surface area contributed by atoms with Gasteiger partial charge in [-0.05, 0) is 82.8 Å². The number of carbonyl (C=O) groups is 2. The van der Waals surface area contributed by atoms with Crippen molar-refractivity contribution in [1.29, 1.82) is 0 Å². The highest BCUT2D eigenvalue weighted by Crippen LogP contribution is 2.37. The van der Waals surface area contributed by atoms with E-state index in [2.05, 4.69) is 33.2 Å². The molecule has 176 valence electrons.